The molecule has 2 N–H and O–H groups in total. The average Bonchev–Trinajstić information content (AvgIpc) is 2.62. The first-order valence-corrected chi connectivity index (χ1v) is 8.84. The minimum atomic E-state index is 0. The van der Waals surface area contributed by atoms with Crippen LogP contribution in [0.15, 0.2) is 60.7 Å². The molecular weight excluding hydrogens is 332 g/mol. The van der Waals surface area contributed by atoms with Gasteiger partial charge in [0.1, 0.15) is 0 Å². The van der Waals surface area contributed by atoms with Crippen LogP contribution in [0.5, 0.6) is 0 Å². The Morgan fingerprint density at radius 2 is 1.44 bits per heavy atom. The molecule has 1 saturated carbocycles. The smallest absolute Gasteiger partial charge is 0.226 e. The van der Waals surface area contributed by atoms with Crippen LogP contribution in [-0.4, -0.2) is 16.8 Å². The zero-order chi connectivity index (χ0) is 16.8. The number of halogens is 1. The fraction of sp³-hybridized carbons (Fsp3) is 0.381. The van der Waals surface area contributed by atoms with Crippen LogP contribution in [0.3, 0.4) is 0 Å². The van der Waals surface area contributed by atoms with Gasteiger partial charge in [0.2, 0.25) is 5.91 Å². The van der Waals surface area contributed by atoms with Gasteiger partial charge in [0, 0.05) is 25.0 Å². The van der Waals surface area contributed by atoms with Crippen molar-refractivity contribution in [2.75, 3.05) is 0 Å². The van der Waals surface area contributed by atoms with Gasteiger partial charge in [-0.2, -0.15) is 0 Å². The average molecular weight is 359 g/mol. The molecule has 0 radical (unpaired) electrons. The first-order chi connectivity index (χ1) is 11.7. The molecule has 1 aliphatic rings. The highest BCUT2D eigenvalue weighted by Crippen LogP contribution is 2.26. The Bertz CT molecular complexity index is 606. The van der Waals surface area contributed by atoms with E-state index in [1.807, 2.05) is 41.3 Å². The summed E-state index contributed by atoms with van der Waals surface area (Å²) in [5.41, 5.74) is 8.43. The third-order valence-corrected chi connectivity index (χ3v) is 4.81. The van der Waals surface area contributed by atoms with E-state index >= 15 is 0 Å². The number of rotatable bonds is 5. The molecule has 2 unspecified atom stereocenters. The maximum atomic E-state index is 13.1. The normalized spacial score (nSPS) is 19.7. The lowest BCUT2D eigenvalue weighted by atomic mass is 9.85. The van der Waals surface area contributed by atoms with Crippen LogP contribution in [0.25, 0.3) is 0 Å². The van der Waals surface area contributed by atoms with Crippen molar-refractivity contribution in [3.63, 3.8) is 0 Å². The van der Waals surface area contributed by atoms with E-state index < -0.39 is 0 Å². The molecule has 134 valence electrons. The lowest BCUT2D eigenvalue weighted by Crippen LogP contribution is -2.40. The van der Waals surface area contributed by atoms with Crippen molar-refractivity contribution in [2.24, 2.45) is 11.7 Å². The van der Waals surface area contributed by atoms with Crippen LogP contribution in [0.2, 0.25) is 0 Å². The molecule has 2 aromatic carbocycles. The predicted octanol–water partition coefficient (Wildman–Crippen LogP) is 4.15. The van der Waals surface area contributed by atoms with E-state index in [1.54, 1.807) is 0 Å². The van der Waals surface area contributed by atoms with E-state index in [0.29, 0.717) is 13.1 Å². The molecule has 0 aliphatic heterocycles. The highest BCUT2D eigenvalue weighted by molar-refractivity contribution is 5.85. The van der Waals surface area contributed by atoms with Crippen LogP contribution in [0.4, 0.5) is 0 Å². The second kappa shape index (κ2) is 9.59. The zero-order valence-corrected chi connectivity index (χ0v) is 15.3. The van der Waals surface area contributed by atoms with E-state index in [1.165, 1.54) is 11.1 Å². The van der Waals surface area contributed by atoms with Gasteiger partial charge in [-0.25, -0.2) is 0 Å². The third-order valence-electron chi connectivity index (χ3n) is 4.81. The summed E-state index contributed by atoms with van der Waals surface area (Å²) in [6.07, 6.45) is 3.88. The summed E-state index contributed by atoms with van der Waals surface area (Å²) in [4.78, 5) is 15.1. The topological polar surface area (TPSA) is 46.3 Å². The number of nitrogens with zero attached hydrogens (tertiary/aromatic N) is 1. The summed E-state index contributed by atoms with van der Waals surface area (Å²) in [6.45, 7) is 1.31. The zero-order valence-electron chi connectivity index (χ0n) is 14.5. The Morgan fingerprint density at radius 3 is 1.92 bits per heavy atom. The van der Waals surface area contributed by atoms with E-state index in [9.17, 15) is 4.79 Å². The summed E-state index contributed by atoms with van der Waals surface area (Å²) in [7, 11) is 0. The summed E-state index contributed by atoms with van der Waals surface area (Å²) >= 11 is 0. The fourth-order valence-electron chi connectivity index (χ4n) is 3.53. The second-order valence-corrected chi connectivity index (χ2v) is 6.79. The van der Waals surface area contributed by atoms with Gasteiger partial charge in [-0.05, 0) is 30.4 Å². The molecule has 3 rings (SSSR count). The predicted molar refractivity (Wildman–Crippen MR) is 104 cm³/mol. The maximum absolute atomic E-state index is 13.1. The molecule has 0 bridgehead atoms. The summed E-state index contributed by atoms with van der Waals surface area (Å²) in [5.74, 6) is 0.319. The molecular formula is C21H27ClN2O. The Hall–Kier alpha value is -1.84. The first-order valence-electron chi connectivity index (χ1n) is 8.84. The number of carbonyl (C=O) groups excluding carboxylic acids is 1. The molecule has 2 aromatic rings. The molecule has 1 fully saturated rings. The van der Waals surface area contributed by atoms with Gasteiger partial charge in [0.15, 0.2) is 0 Å². The molecule has 0 spiro atoms. The van der Waals surface area contributed by atoms with Gasteiger partial charge in [-0.3, -0.25) is 4.79 Å². The summed E-state index contributed by atoms with van der Waals surface area (Å²) < 4.78 is 0. The first kappa shape index (κ1) is 19.5. The largest absolute Gasteiger partial charge is 0.334 e. The number of hydrogen-bond acceptors (Lipinski definition) is 2. The maximum Gasteiger partial charge on any atom is 0.226 e. The van der Waals surface area contributed by atoms with Gasteiger partial charge in [0.25, 0.3) is 0 Å². The van der Waals surface area contributed by atoms with E-state index in [-0.39, 0.29) is 30.3 Å². The van der Waals surface area contributed by atoms with Crippen molar-refractivity contribution in [1.29, 1.82) is 0 Å². The van der Waals surface area contributed by atoms with Crippen LogP contribution < -0.4 is 5.73 Å². The van der Waals surface area contributed by atoms with Crippen LogP contribution in [0, 0.1) is 5.92 Å². The quantitative estimate of drug-likeness (QED) is 0.872. The minimum Gasteiger partial charge on any atom is -0.334 e. The van der Waals surface area contributed by atoms with Crippen molar-refractivity contribution in [2.45, 2.75) is 44.8 Å². The number of amides is 1. The van der Waals surface area contributed by atoms with Crippen LogP contribution in [-0.2, 0) is 17.9 Å². The molecule has 3 nitrogen and oxygen atoms in total. The monoisotopic (exact) mass is 358 g/mol. The van der Waals surface area contributed by atoms with Crippen molar-refractivity contribution < 1.29 is 4.79 Å². The lowest BCUT2D eigenvalue weighted by molar-refractivity contribution is -0.138. The van der Waals surface area contributed by atoms with Crippen LogP contribution >= 0.6 is 12.4 Å². The standard InChI is InChI=1S/C21H26N2O.ClH/c22-20-13-7-12-19(14-20)21(24)23(15-17-8-3-1-4-9-17)16-18-10-5-2-6-11-18;/h1-6,8-11,19-20H,7,12-16,22H2;1H. The highest BCUT2D eigenvalue weighted by Gasteiger charge is 2.29. The number of nitrogens with two attached hydrogens (primary N) is 1. The lowest BCUT2D eigenvalue weighted by Gasteiger charge is -2.31. The SMILES string of the molecule is Cl.NC1CCCC(C(=O)N(Cc2ccccc2)Cc2ccccc2)C1. The summed E-state index contributed by atoms with van der Waals surface area (Å²) in [5, 5.41) is 0. The molecule has 2 atom stereocenters. The Balaban J connectivity index is 0.00000225. The van der Waals surface area contributed by atoms with Crippen molar-refractivity contribution in [3.05, 3.63) is 71.8 Å². The van der Waals surface area contributed by atoms with E-state index in [0.717, 1.165) is 25.7 Å². The highest BCUT2D eigenvalue weighted by atomic mass is 35.5. The number of carbonyl (C=O) groups is 1. The van der Waals surface area contributed by atoms with Crippen LogP contribution in [0.1, 0.15) is 36.8 Å². The molecule has 1 aliphatic carbocycles. The van der Waals surface area contributed by atoms with Gasteiger partial charge in [0.05, 0.1) is 0 Å². The molecule has 0 heterocycles. The molecule has 0 saturated heterocycles. The Labute approximate surface area is 156 Å². The molecule has 0 aromatic heterocycles. The van der Waals surface area contributed by atoms with Crippen molar-refractivity contribution in [1.82, 2.24) is 4.90 Å². The van der Waals surface area contributed by atoms with Crippen molar-refractivity contribution >= 4 is 18.3 Å². The number of benzene rings is 2. The molecule has 1 amide bonds. The van der Waals surface area contributed by atoms with Crippen molar-refractivity contribution in [3.8, 4) is 0 Å². The molecule has 25 heavy (non-hydrogen) atoms. The Kier molecular flexibility index (Phi) is 7.48. The Morgan fingerprint density at radius 1 is 0.920 bits per heavy atom. The number of hydrogen-bond donors (Lipinski definition) is 1. The van der Waals surface area contributed by atoms with E-state index in [2.05, 4.69) is 24.3 Å². The van der Waals surface area contributed by atoms with Gasteiger partial charge >= 0.3 is 0 Å². The van der Waals surface area contributed by atoms with E-state index in [4.69, 9.17) is 5.73 Å². The summed E-state index contributed by atoms with van der Waals surface area (Å²) in [6, 6.07) is 20.6. The third kappa shape index (κ3) is 5.58. The second-order valence-electron chi connectivity index (χ2n) is 6.79. The minimum absolute atomic E-state index is 0. The van der Waals surface area contributed by atoms with Gasteiger partial charge in [-0.15, -0.1) is 12.4 Å². The van der Waals surface area contributed by atoms with Gasteiger partial charge < -0.3 is 10.6 Å². The van der Waals surface area contributed by atoms with Gasteiger partial charge in [-0.1, -0.05) is 67.1 Å². The fourth-order valence-corrected chi connectivity index (χ4v) is 3.53. The molecule has 4 heteroatoms.